The third-order valence-electron chi connectivity index (χ3n) is 6.88. The summed E-state index contributed by atoms with van der Waals surface area (Å²) >= 11 is 0. The number of anilines is 1. The Morgan fingerprint density at radius 2 is 1.84 bits per heavy atom. The fourth-order valence-electron chi connectivity index (χ4n) is 4.81. The molecule has 0 unspecified atom stereocenters. The first-order valence-corrected chi connectivity index (χ1v) is 12.5. The van der Waals surface area contributed by atoms with Gasteiger partial charge < -0.3 is 25.8 Å². The molecular weight excluding hydrogens is 480 g/mol. The summed E-state index contributed by atoms with van der Waals surface area (Å²) in [5, 5.41) is 8.77. The van der Waals surface area contributed by atoms with Crippen LogP contribution in [-0.2, 0) is 4.79 Å². The molecule has 2 aliphatic heterocycles. The molecule has 3 N–H and O–H groups in total. The molecule has 0 bridgehead atoms. The highest BCUT2D eigenvalue weighted by Gasteiger charge is 2.46. The summed E-state index contributed by atoms with van der Waals surface area (Å²) in [5.41, 5.74) is 3.21. The Hall–Kier alpha value is -4.24. The van der Waals surface area contributed by atoms with Gasteiger partial charge in [0, 0.05) is 23.4 Å². The molecule has 2 aliphatic rings. The first kappa shape index (κ1) is 26.8. The van der Waals surface area contributed by atoms with E-state index in [4.69, 9.17) is 0 Å². The molecule has 0 spiro atoms. The highest BCUT2D eigenvalue weighted by Crippen LogP contribution is 2.38. The molecule has 0 fully saturated rings. The van der Waals surface area contributed by atoms with Gasteiger partial charge in [0.15, 0.2) is 0 Å². The van der Waals surface area contributed by atoms with Crippen LogP contribution in [0.1, 0.15) is 35.8 Å². The molecule has 0 saturated carbocycles. The highest BCUT2D eigenvalue weighted by atomic mass is 16.2. The Kier molecular flexibility index (Phi) is 7.78. The first-order valence-electron chi connectivity index (χ1n) is 12.5. The van der Waals surface area contributed by atoms with Crippen molar-refractivity contribution in [1.29, 1.82) is 0 Å². The van der Waals surface area contributed by atoms with Crippen LogP contribution in [0.4, 0.5) is 10.5 Å². The van der Waals surface area contributed by atoms with Crippen molar-refractivity contribution in [2.24, 2.45) is 4.99 Å². The van der Waals surface area contributed by atoms with E-state index in [2.05, 4.69) is 27.5 Å². The molecule has 0 radical (unpaired) electrons. The van der Waals surface area contributed by atoms with Crippen LogP contribution in [0.25, 0.3) is 0 Å². The second-order valence-corrected chi connectivity index (χ2v) is 10.2. The van der Waals surface area contributed by atoms with E-state index in [1.807, 2.05) is 63.2 Å². The fraction of sp³-hybridized carbons (Fsp3) is 0.310. The van der Waals surface area contributed by atoms with E-state index in [-0.39, 0.29) is 23.9 Å². The molecule has 9 nitrogen and oxygen atoms in total. The van der Waals surface area contributed by atoms with E-state index in [1.54, 1.807) is 29.2 Å². The maximum absolute atomic E-state index is 13.6. The van der Waals surface area contributed by atoms with Crippen molar-refractivity contribution in [3.8, 4) is 0 Å². The Morgan fingerprint density at radius 1 is 1.11 bits per heavy atom. The molecule has 0 aliphatic carbocycles. The van der Waals surface area contributed by atoms with E-state index >= 15 is 0 Å². The average molecular weight is 515 g/mol. The maximum Gasteiger partial charge on any atom is 0.318 e. The van der Waals surface area contributed by atoms with Gasteiger partial charge in [0.25, 0.3) is 5.91 Å². The second-order valence-electron chi connectivity index (χ2n) is 10.2. The number of amides is 4. The van der Waals surface area contributed by atoms with Gasteiger partial charge in [-0.25, -0.2) is 4.79 Å². The van der Waals surface area contributed by atoms with Crippen LogP contribution >= 0.6 is 0 Å². The Labute approximate surface area is 223 Å². The lowest BCUT2D eigenvalue weighted by Gasteiger charge is -2.36. The quantitative estimate of drug-likeness (QED) is 0.493. The molecule has 0 aromatic heterocycles. The molecule has 4 rings (SSSR count). The number of nitrogens with one attached hydrogen (secondary N) is 3. The zero-order chi connectivity index (χ0) is 27.4. The number of hydrogen-bond donors (Lipinski definition) is 3. The van der Waals surface area contributed by atoms with Gasteiger partial charge in [0.1, 0.15) is 5.84 Å². The van der Waals surface area contributed by atoms with Crippen LogP contribution in [0, 0.1) is 0 Å². The minimum atomic E-state index is -0.566. The molecular formula is C29H34N6O3. The zero-order valence-corrected chi connectivity index (χ0v) is 22.2. The van der Waals surface area contributed by atoms with Crippen LogP contribution in [-0.4, -0.2) is 72.7 Å². The number of nitrogens with zero attached hydrogens (tertiary/aromatic N) is 3. The number of benzene rings is 2. The van der Waals surface area contributed by atoms with Gasteiger partial charge in [-0.05, 0) is 63.4 Å². The van der Waals surface area contributed by atoms with Crippen molar-refractivity contribution >= 4 is 29.4 Å². The van der Waals surface area contributed by atoms with Gasteiger partial charge in [-0.15, -0.1) is 0 Å². The van der Waals surface area contributed by atoms with Gasteiger partial charge in [-0.1, -0.05) is 43.0 Å². The standard InChI is InChI=1S/C29H34N6O3/c1-6-25(36)31-21-14-10-13-20(15-21)27(37)33-26-22-17-35(29(2,3)23(22)16-30-26)28(38)32-24(18-34(4)5)19-11-8-7-9-12-19/h6-15,24H,1,16-18H2,2-5H3,(H,31,36)(H,32,38)(H,30,33,37)/t24-/m1/s1. The predicted octanol–water partition coefficient (Wildman–Crippen LogP) is 3.36. The maximum atomic E-state index is 13.6. The molecule has 1 atom stereocenters. The number of amidine groups is 1. The van der Waals surface area contributed by atoms with Crippen LogP contribution in [0.15, 0.2) is 83.4 Å². The minimum Gasteiger partial charge on any atom is -0.330 e. The van der Waals surface area contributed by atoms with Crippen LogP contribution < -0.4 is 16.0 Å². The van der Waals surface area contributed by atoms with E-state index in [0.717, 1.165) is 16.7 Å². The highest BCUT2D eigenvalue weighted by molar-refractivity contribution is 6.15. The number of rotatable bonds is 7. The molecule has 2 aromatic rings. The Balaban J connectivity index is 1.47. The van der Waals surface area contributed by atoms with E-state index < -0.39 is 5.54 Å². The van der Waals surface area contributed by atoms with Crippen molar-refractivity contribution in [1.82, 2.24) is 20.4 Å². The van der Waals surface area contributed by atoms with Gasteiger partial charge in [-0.3, -0.25) is 14.6 Å². The molecule has 4 amide bonds. The summed E-state index contributed by atoms with van der Waals surface area (Å²) in [6, 6.07) is 16.2. The molecule has 2 heterocycles. The molecule has 2 aromatic carbocycles. The summed E-state index contributed by atoms with van der Waals surface area (Å²) in [5.74, 6) is -0.228. The van der Waals surface area contributed by atoms with Crippen molar-refractivity contribution in [2.75, 3.05) is 39.0 Å². The number of carbonyl (C=O) groups excluding carboxylic acids is 3. The summed E-state index contributed by atoms with van der Waals surface area (Å²) in [4.78, 5) is 46.6. The largest absolute Gasteiger partial charge is 0.330 e. The van der Waals surface area contributed by atoms with Crippen molar-refractivity contribution < 1.29 is 14.4 Å². The number of aliphatic imine (C=N–C) groups is 1. The van der Waals surface area contributed by atoms with Gasteiger partial charge in [0.2, 0.25) is 5.91 Å². The SMILES string of the molecule is C=CC(=O)Nc1cccc(C(=O)NC2=NCC3=C2CN(C(=O)N[C@H](CN(C)C)c2ccccc2)C3(C)C)c1. The molecule has 0 saturated heterocycles. The summed E-state index contributed by atoms with van der Waals surface area (Å²) in [6.07, 6.45) is 1.17. The lowest BCUT2D eigenvalue weighted by atomic mass is 9.94. The van der Waals surface area contributed by atoms with Crippen molar-refractivity contribution in [3.05, 3.63) is 89.5 Å². The van der Waals surface area contributed by atoms with Crippen molar-refractivity contribution in [2.45, 2.75) is 25.4 Å². The van der Waals surface area contributed by atoms with Crippen LogP contribution in [0.3, 0.4) is 0 Å². The van der Waals surface area contributed by atoms with Gasteiger partial charge in [-0.2, -0.15) is 0 Å². The number of urea groups is 1. The second kappa shape index (κ2) is 11.0. The van der Waals surface area contributed by atoms with Gasteiger partial charge >= 0.3 is 6.03 Å². The summed E-state index contributed by atoms with van der Waals surface area (Å²) < 4.78 is 0. The summed E-state index contributed by atoms with van der Waals surface area (Å²) in [7, 11) is 3.96. The van der Waals surface area contributed by atoms with Crippen LogP contribution in [0.5, 0.6) is 0 Å². The number of hydrogen-bond acceptors (Lipinski definition) is 5. The average Bonchev–Trinajstić information content (AvgIpc) is 3.41. The van der Waals surface area contributed by atoms with E-state index in [1.165, 1.54) is 6.08 Å². The minimum absolute atomic E-state index is 0.170. The fourth-order valence-corrected chi connectivity index (χ4v) is 4.81. The van der Waals surface area contributed by atoms with Crippen molar-refractivity contribution in [3.63, 3.8) is 0 Å². The summed E-state index contributed by atoms with van der Waals surface area (Å²) in [6.45, 7) is 8.86. The monoisotopic (exact) mass is 514 g/mol. The van der Waals surface area contributed by atoms with Crippen LogP contribution in [0.2, 0.25) is 0 Å². The molecule has 198 valence electrons. The van der Waals surface area contributed by atoms with E-state index in [9.17, 15) is 14.4 Å². The number of likely N-dealkylation sites (N-methyl/N-ethyl adjacent to an activating group) is 1. The number of carbonyl (C=O) groups is 3. The Morgan fingerprint density at radius 3 is 2.53 bits per heavy atom. The first-order chi connectivity index (χ1) is 18.1. The Bertz CT molecular complexity index is 1310. The van der Waals surface area contributed by atoms with E-state index in [0.29, 0.717) is 36.7 Å². The van der Waals surface area contributed by atoms with Gasteiger partial charge in [0.05, 0.1) is 24.7 Å². The smallest absolute Gasteiger partial charge is 0.318 e. The lowest BCUT2D eigenvalue weighted by molar-refractivity contribution is -0.111. The predicted molar refractivity (Wildman–Crippen MR) is 149 cm³/mol. The lowest BCUT2D eigenvalue weighted by Crippen LogP contribution is -2.52. The molecule has 9 heteroatoms. The third-order valence-corrected chi connectivity index (χ3v) is 6.88. The normalized spacial score (nSPS) is 16.6. The molecule has 38 heavy (non-hydrogen) atoms. The third kappa shape index (κ3) is 5.68. The zero-order valence-electron chi connectivity index (χ0n) is 22.2. The topological polar surface area (TPSA) is 106 Å².